The van der Waals surface area contributed by atoms with Gasteiger partial charge in [0, 0.05) is 11.1 Å². The molecular weight excluding hydrogens is 388 g/mol. The summed E-state index contributed by atoms with van der Waals surface area (Å²) >= 11 is 0. The van der Waals surface area contributed by atoms with Gasteiger partial charge < -0.3 is 4.74 Å². The predicted octanol–water partition coefficient (Wildman–Crippen LogP) is 9.95. The lowest BCUT2D eigenvalue weighted by atomic mass is 9.78. The molecule has 0 saturated heterocycles. The minimum absolute atomic E-state index is 0.0180. The summed E-state index contributed by atoms with van der Waals surface area (Å²) in [5, 5.41) is 0. The molecule has 0 unspecified atom stereocenters. The average molecular weight is 439 g/mol. The maximum absolute atomic E-state index is 6.56. The molecule has 32 heavy (non-hydrogen) atoms. The Morgan fingerprint density at radius 2 is 1.50 bits per heavy atom. The molecule has 0 amide bonds. The first-order chi connectivity index (χ1) is 14.9. The van der Waals surface area contributed by atoms with Crippen LogP contribution in [0.5, 0.6) is 5.75 Å². The zero-order valence-corrected chi connectivity index (χ0v) is 22.8. The van der Waals surface area contributed by atoms with Crippen LogP contribution in [0.4, 0.5) is 0 Å². The van der Waals surface area contributed by atoms with Crippen molar-refractivity contribution < 1.29 is 4.74 Å². The molecule has 0 bridgehead atoms. The van der Waals surface area contributed by atoms with Crippen molar-refractivity contribution in [3.05, 3.63) is 58.7 Å². The summed E-state index contributed by atoms with van der Waals surface area (Å²) in [7, 11) is 0. The molecule has 1 aromatic rings. The van der Waals surface area contributed by atoms with E-state index < -0.39 is 0 Å². The second-order valence-corrected chi connectivity index (χ2v) is 11.3. The molecule has 1 rings (SSSR count). The molecule has 0 aliphatic rings. The maximum Gasteiger partial charge on any atom is 0.130 e. The Balaban J connectivity index is 3.35. The van der Waals surface area contributed by atoms with Crippen LogP contribution in [0, 0.1) is 0 Å². The molecule has 0 heterocycles. The molecule has 0 spiro atoms. The van der Waals surface area contributed by atoms with E-state index in [1.165, 1.54) is 59.9 Å². The minimum atomic E-state index is 0.0180. The third kappa shape index (κ3) is 9.39. The van der Waals surface area contributed by atoms with Crippen LogP contribution in [0.3, 0.4) is 0 Å². The van der Waals surface area contributed by atoms with Crippen LogP contribution in [0.1, 0.15) is 124 Å². The first-order valence-corrected chi connectivity index (χ1v) is 12.7. The molecule has 0 aliphatic carbocycles. The fourth-order valence-corrected chi connectivity index (χ4v) is 3.65. The van der Waals surface area contributed by atoms with Crippen molar-refractivity contribution in [2.45, 2.75) is 119 Å². The van der Waals surface area contributed by atoms with E-state index in [0.717, 1.165) is 18.8 Å². The first-order valence-electron chi connectivity index (χ1n) is 12.7. The van der Waals surface area contributed by atoms with E-state index in [4.69, 9.17) is 4.74 Å². The summed E-state index contributed by atoms with van der Waals surface area (Å²) in [6.07, 6.45) is 16.3. The SMILES string of the molecule is C/C=C(C)/C=C/C=C(/C)c1cc(C(C)(C)C)cc(C(C)(C)C)c1OCCCCCCCC. The van der Waals surface area contributed by atoms with Crippen molar-refractivity contribution in [2.24, 2.45) is 0 Å². The van der Waals surface area contributed by atoms with E-state index in [1.54, 1.807) is 0 Å². The van der Waals surface area contributed by atoms with E-state index in [2.05, 4.69) is 106 Å². The Labute approximate surface area is 200 Å². The molecule has 0 aliphatic heterocycles. The Bertz CT molecular complexity index is 791. The van der Waals surface area contributed by atoms with Gasteiger partial charge in [0.25, 0.3) is 0 Å². The zero-order chi connectivity index (χ0) is 24.4. The normalized spacial score (nSPS) is 13.8. The highest BCUT2D eigenvalue weighted by molar-refractivity contribution is 5.73. The molecule has 0 fully saturated rings. The Morgan fingerprint density at radius 1 is 0.875 bits per heavy atom. The maximum atomic E-state index is 6.56. The highest BCUT2D eigenvalue weighted by Crippen LogP contribution is 2.41. The van der Waals surface area contributed by atoms with Crippen LogP contribution in [-0.4, -0.2) is 6.61 Å². The second kappa shape index (κ2) is 13.1. The van der Waals surface area contributed by atoms with Gasteiger partial charge in [-0.3, -0.25) is 0 Å². The number of unbranched alkanes of at least 4 members (excludes halogenated alkanes) is 5. The smallest absolute Gasteiger partial charge is 0.130 e. The van der Waals surface area contributed by atoms with Gasteiger partial charge in [-0.05, 0) is 55.2 Å². The lowest BCUT2D eigenvalue weighted by Crippen LogP contribution is -2.19. The number of ether oxygens (including phenoxy) is 1. The van der Waals surface area contributed by atoms with Crippen molar-refractivity contribution >= 4 is 5.57 Å². The highest BCUT2D eigenvalue weighted by atomic mass is 16.5. The van der Waals surface area contributed by atoms with Gasteiger partial charge in [0.05, 0.1) is 6.61 Å². The van der Waals surface area contributed by atoms with Crippen molar-refractivity contribution in [2.75, 3.05) is 6.61 Å². The fraction of sp³-hybridized carbons (Fsp3) is 0.613. The molecule has 1 heteroatoms. The van der Waals surface area contributed by atoms with Crippen LogP contribution in [0.25, 0.3) is 5.57 Å². The zero-order valence-electron chi connectivity index (χ0n) is 22.8. The quantitative estimate of drug-likeness (QED) is 0.247. The third-order valence-corrected chi connectivity index (χ3v) is 6.09. The molecule has 1 aromatic carbocycles. The number of hydrogen-bond donors (Lipinski definition) is 0. The largest absolute Gasteiger partial charge is 0.493 e. The van der Waals surface area contributed by atoms with E-state index in [0.29, 0.717) is 0 Å². The molecular formula is C31H50O. The summed E-state index contributed by atoms with van der Waals surface area (Å²) in [6.45, 7) is 23.3. The van der Waals surface area contributed by atoms with Gasteiger partial charge in [0.2, 0.25) is 0 Å². The molecule has 0 atom stereocenters. The summed E-state index contributed by atoms with van der Waals surface area (Å²) in [4.78, 5) is 0. The molecule has 0 radical (unpaired) electrons. The van der Waals surface area contributed by atoms with E-state index in [-0.39, 0.29) is 10.8 Å². The van der Waals surface area contributed by atoms with Gasteiger partial charge in [-0.25, -0.2) is 0 Å². The number of benzene rings is 1. The summed E-state index contributed by atoms with van der Waals surface area (Å²) < 4.78 is 6.56. The average Bonchev–Trinajstić information content (AvgIpc) is 2.70. The van der Waals surface area contributed by atoms with E-state index in [9.17, 15) is 0 Å². The standard InChI is InChI=1S/C31H50O/c1-11-13-14-15-16-17-21-32-29-27(25(4)20-18-19-24(3)12-2)22-26(30(5,6)7)23-28(29)31(8,9)10/h12,18-20,22-23H,11,13-17,21H2,1-10H3/b19-18+,24-12+,25-20-. The van der Waals surface area contributed by atoms with Crippen LogP contribution in [0.2, 0.25) is 0 Å². The first kappa shape index (κ1) is 28.3. The third-order valence-electron chi connectivity index (χ3n) is 6.09. The van der Waals surface area contributed by atoms with Crippen LogP contribution in [0.15, 0.2) is 42.0 Å². The van der Waals surface area contributed by atoms with Crippen LogP contribution < -0.4 is 4.74 Å². The van der Waals surface area contributed by atoms with Crippen molar-refractivity contribution in [3.8, 4) is 5.75 Å². The Kier molecular flexibility index (Phi) is 11.5. The van der Waals surface area contributed by atoms with Gasteiger partial charge in [0.15, 0.2) is 0 Å². The number of rotatable bonds is 11. The number of allylic oxidation sites excluding steroid dienone is 6. The van der Waals surface area contributed by atoms with Crippen LogP contribution in [-0.2, 0) is 10.8 Å². The van der Waals surface area contributed by atoms with Gasteiger partial charge in [0.1, 0.15) is 5.75 Å². The second-order valence-electron chi connectivity index (χ2n) is 11.3. The molecule has 0 aromatic heterocycles. The van der Waals surface area contributed by atoms with E-state index >= 15 is 0 Å². The van der Waals surface area contributed by atoms with Gasteiger partial charge in [-0.2, -0.15) is 0 Å². The molecule has 180 valence electrons. The summed E-state index contributed by atoms with van der Waals surface area (Å²) in [6, 6.07) is 4.74. The van der Waals surface area contributed by atoms with E-state index in [1.807, 2.05) is 0 Å². The molecule has 0 N–H and O–H groups in total. The monoisotopic (exact) mass is 438 g/mol. The predicted molar refractivity (Wildman–Crippen MR) is 145 cm³/mol. The van der Waals surface area contributed by atoms with Gasteiger partial charge in [-0.1, -0.05) is 117 Å². The lowest BCUT2D eigenvalue weighted by Gasteiger charge is -2.29. The van der Waals surface area contributed by atoms with Crippen LogP contribution >= 0.6 is 0 Å². The lowest BCUT2D eigenvalue weighted by molar-refractivity contribution is 0.295. The Morgan fingerprint density at radius 3 is 2.06 bits per heavy atom. The molecule has 0 saturated carbocycles. The summed E-state index contributed by atoms with van der Waals surface area (Å²) in [5.41, 5.74) is 6.54. The van der Waals surface area contributed by atoms with Gasteiger partial charge >= 0.3 is 0 Å². The Hall–Kier alpha value is -1.76. The summed E-state index contributed by atoms with van der Waals surface area (Å²) in [5.74, 6) is 1.07. The fourth-order valence-electron chi connectivity index (χ4n) is 3.65. The molecule has 1 nitrogen and oxygen atoms in total. The number of hydrogen-bond acceptors (Lipinski definition) is 1. The van der Waals surface area contributed by atoms with Crippen molar-refractivity contribution in [1.29, 1.82) is 0 Å². The highest BCUT2D eigenvalue weighted by Gasteiger charge is 2.26. The van der Waals surface area contributed by atoms with Gasteiger partial charge in [-0.15, -0.1) is 0 Å². The van der Waals surface area contributed by atoms with Crippen molar-refractivity contribution in [3.63, 3.8) is 0 Å². The topological polar surface area (TPSA) is 9.23 Å². The van der Waals surface area contributed by atoms with Crippen molar-refractivity contribution in [1.82, 2.24) is 0 Å². The minimum Gasteiger partial charge on any atom is -0.493 e.